The molecule has 2 aromatic rings. The predicted octanol–water partition coefficient (Wildman–Crippen LogP) is 4.03. The number of aromatic carboxylic acids is 1. The van der Waals surface area contributed by atoms with Crippen molar-refractivity contribution in [2.45, 2.75) is 13.5 Å². The van der Waals surface area contributed by atoms with E-state index in [1.807, 2.05) is 0 Å². The molecule has 0 aliphatic carbocycles. The minimum absolute atomic E-state index is 0.000692. The van der Waals surface area contributed by atoms with Crippen LogP contribution in [0.1, 0.15) is 22.8 Å². The highest BCUT2D eigenvalue weighted by atomic mass is 79.9. The van der Waals surface area contributed by atoms with Gasteiger partial charge >= 0.3 is 5.97 Å². The fraction of sp³-hybridized carbons (Fsp3) is 0.188. The number of ether oxygens (including phenoxy) is 2. The van der Waals surface area contributed by atoms with E-state index in [0.717, 1.165) is 5.56 Å². The van der Waals surface area contributed by atoms with Crippen LogP contribution < -0.4 is 9.47 Å². The first-order chi connectivity index (χ1) is 11.4. The zero-order valence-corrected chi connectivity index (χ0v) is 14.3. The molecule has 0 aromatic heterocycles. The van der Waals surface area contributed by atoms with Crippen LogP contribution in [0.5, 0.6) is 11.5 Å². The monoisotopic (exact) mass is 395 g/mol. The lowest BCUT2D eigenvalue weighted by Crippen LogP contribution is -2.04. The number of halogens is 1. The van der Waals surface area contributed by atoms with Crippen molar-refractivity contribution in [1.82, 2.24) is 0 Å². The largest absolute Gasteiger partial charge is 0.490 e. The van der Waals surface area contributed by atoms with Crippen molar-refractivity contribution in [3.05, 3.63) is 62.1 Å². The average molecular weight is 396 g/mol. The Bertz CT molecular complexity index is 760. The molecule has 0 saturated heterocycles. The summed E-state index contributed by atoms with van der Waals surface area (Å²) in [5, 5.41) is 19.7. The van der Waals surface area contributed by atoms with Gasteiger partial charge in [-0.3, -0.25) is 10.1 Å². The minimum Gasteiger partial charge on any atom is -0.490 e. The Kier molecular flexibility index (Phi) is 5.75. The first kappa shape index (κ1) is 17.7. The number of non-ortho nitro benzene ring substituents is 1. The molecule has 24 heavy (non-hydrogen) atoms. The fourth-order valence-corrected chi connectivity index (χ4v) is 2.52. The van der Waals surface area contributed by atoms with Crippen LogP contribution in [0.2, 0.25) is 0 Å². The lowest BCUT2D eigenvalue weighted by molar-refractivity contribution is -0.384. The van der Waals surface area contributed by atoms with E-state index in [1.165, 1.54) is 24.3 Å². The number of nitro groups is 1. The predicted molar refractivity (Wildman–Crippen MR) is 89.7 cm³/mol. The standard InChI is InChI=1S/C16H14BrNO6/c1-2-23-14-8-11(16(19)20)7-13(17)15(14)24-9-10-3-5-12(6-4-10)18(21)22/h3-8H,2,9H2,1H3,(H,19,20). The molecule has 0 saturated carbocycles. The van der Waals surface area contributed by atoms with E-state index >= 15 is 0 Å². The van der Waals surface area contributed by atoms with Gasteiger partial charge in [0.15, 0.2) is 11.5 Å². The summed E-state index contributed by atoms with van der Waals surface area (Å²) in [4.78, 5) is 21.3. The molecule has 0 atom stereocenters. The number of rotatable bonds is 7. The number of benzene rings is 2. The molecule has 0 heterocycles. The fourth-order valence-electron chi connectivity index (χ4n) is 1.96. The van der Waals surface area contributed by atoms with Crippen molar-refractivity contribution in [2.75, 3.05) is 6.61 Å². The van der Waals surface area contributed by atoms with Gasteiger partial charge in [-0.1, -0.05) is 0 Å². The molecule has 0 aliphatic rings. The highest BCUT2D eigenvalue weighted by Crippen LogP contribution is 2.37. The second-order valence-corrected chi connectivity index (χ2v) is 5.59. The van der Waals surface area contributed by atoms with Crippen molar-refractivity contribution < 1.29 is 24.3 Å². The second kappa shape index (κ2) is 7.78. The SMILES string of the molecule is CCOc1cc(C(=O)O)cc(Br)c1OCc1ccc([N+](=O)[O-])cc1. The van der Waals surface area contributed by atoms with Crippen LogP contribution >= 0.6 is 15.9 Å². The molecule has 8 heteroatoms. The first-order valence-electron chi connectivity index (χ1n) is 6.98. The molecular formula is C16H14BrNO6. The maximum absolute atomic E-state index is 11.1. The molecule has 0 amide bonds. The van der Waals surface area contributed by atoms with Crippen molar-refractivity contribution in [1.29, 1.82) is 0 Å². The Morgan fingerprint density at radius 2 is 1.92 bits per heavy atom. The second-order valence-electron chi connectivity index (χ2n) is 4.74. The third-order valence-corrected chi connectivity index (χ3v) is 3.68. The van der Waals surface area contributed by atoms with Crippen molar-refractivity contribution >= 4 is 27.6 Å². The molecule has 0 fully saturated rings. The van der Waals surface area contributed by atoms with Crippen LogP contribution in [0, 0.1) is 10.1 Å². The van der Waals surface area contributed by atoms with Crippen LogP contribution in [-0.4, -0.2) is 22.6 Å². The lowest BCUT2D eigenvalue weighted by Gasteiger charge is -2.14. The summed E-state index contributed by atoms with van der Waals surface area (Å²) < 4.78 is 11.6. The highest BCUT2D eigenvalue weighted by Gasteiger charge is 2.16. The van der Waals surface area contributed by atoms with E-state index in [4.69, 9.17) is 14.6 Å². The van der Waals surface area contributed by atoms with Gasteiger partial charge in [-0.25, -0.2) is 4.79 Å². The maximum Gasteiger partial charge on any atom is 0.335 e. The Balaban J connectivity index is 2.21. The van der Waals surface area contributed by atoms with Gasteiger partial charge in [0.2, 0.25) is 0 Å². The summed E-state index contributed by atoms with van der Waals surface area (Å²) in [6.45, 7) is 2.29. The molecule has 7 nitrogen and oxygen atoms in total. The van der Waals surface area contributed by atoms with Gasteiger partial charge in [-0.15, -0.1) is 0 Å². The Morgan fingerprint density at radius 1 is 1.25 bits per heavy atom. The van der Waals surface area contributed by atoms with Gasteiger partial charge in [0, 0.05) is 12.1 Å². The van der Waals surface area contributed by atoms with E-state index in [-0.39, 0.29) is 17.9 Å². The average Bonchev–Trinajstić information content (AvgIpc) is 2.54. The molecular weight excluding hydrogens is 382 g/mol. The molecule has 0 spiro atoms. The molecule has 2 rings (SSSR count). The van der Waals surface area contributed by atoms with Gasteiger partial charge in [0.1, 0.15) is 6.61 Å². The van der Waals surface area contributed by atoms with Gasteiger partial charge in [0.05, 0.1) is 21.6 Å². The number of carboxylic acids is 1. The smallest absolute Gasteiger partial charge is 0.335 e. The molecule has 0 radical (unpaired) electrons. The van der Waals surface area contributed by atoms with Crippen molar-refractivity contribution in [3.63, 3.8) is 0 Å². The van der Waals surface area contributed by atoms with Crippen LogP contribution in [0.25, 0.3) is 0 Å². The highest BCUT2D eigenvalue weighted by molar-refractivity contribution is 9.10. The van der Waals surface area contributed by atoms with Crippen LogP contribution in [0.15, 0.2) is 40.9 Å². The third-order valence-electron chi connectivity index (χ3n) is 3.09. The number of nitrogens with zero attached hydrogens (tertiary/aromatic N) is 1. The molecule has 0 unspecified atom stereocenters. The topological polar surface area (TPSA) is 98.9 Å². The van der Waals surface area contributed by atoms with Crippen LogP contribution in [0.3, 0.4) is 0 Å². The molecule has 2 aromatic carbocycles. The summed E-state index contributed by atoms with van der Waals surface area (Å²) >= 11 is 3.28. The third kappa shape index (κ3) is 4.23. The molecule has 0 aliphatic heterocycles. The Hall–Kier alpha value is -2.61. The lowest BCUT2D eigenvalue weighted by atomic mass is 10.2. The Labute approximate surface area is 146 Å². The zero-order chi connectivity index (χ0) is 17.7. The van der Waals surface area contributed by atoms with Crippen molar-refractivity contribution in [2.24, 2.45) is 0 Å². The van der Waals surface area contributed by atoms with E-state index in [2.05, 4.69) is 15.9 Å². The quantitative estimate of drug-likeness (QED) is 0.560. The summed E-state index contributed by atoms with van der Waals surface area (Å²) in [6.07, 6.45) is 0. The van der Waals surface area contributed by atoms with Gasteiger partial charge in [-0.2, -0.15) is 0 Å². The van der Waals surface area contributed by atoms with Crippen molar-refractivity contribution in [3.8, 4) is 11.5 Å². The number of nitro benzene ring substituents is 1. The van der Waals surface area contributed by atoms with E-state index < -0.39 is 10.9 Å². The van der Waals surface area contributed by atoms with Gasteiger partial charge in [0.25, 0.3) is 5.69 Å². The number of hydrogen-bond donors (Lipinski definition) is 1. The molecule has 1 N–H and O–H groups in total. The van der Waals surface area contributed by atoms with E-state index in [9.17, 15) is 14.9 Å². The maximum atomic E-state index is 11.1. The normalized spacial score (nSPS) is 10.2. The summed E-state index contributed by atoms with van der Waals surface area (Å²) in [5.41, 5.74) is 0.811. The van der Waals surface area contributed by atoms with Crippen LogP contribution in [0.4, 0.5) is 5.69 Å². The van der Waals surface area contributed by atoms with Gasteiger partial charge in [-0.05, 0) is 52.7 Å². The number of carboxylic acid groups (broad SMARTS) is 1. The molecule has 126 valence electrons. The summed E-state index contributed by atoms with van der Waals surface area (Å²) in [7, 11) is 0. The summed E-state index contributed by atoms with van der Waals surface area (Å²) in [6, 6.07) is 8.79. The Morgan fingerprint density at radius 3 is 2.46 bits per heavy atom. The van der Waals surface area contributed by atoms with E-state index in [0.29, 0.717) is 22.6 Å². The number of carbonyl (C=O) groups is 1. The summed E-state index contributed by atoms with van der Waals surface area (Å²) in [5.74, 6) is -0.384. The minimum atomic E-state index is -1.07. The first-order valence-corrected chi connectivity index (χ1v) is 7.77. The van der Waals surface area contributed by atoms with E-state index in [1.54, 1.807) is 19.1 Å². The van der Waals surface area contributed by atoms with Crippen LogP contribution in [-0.2, 0) is 6.61 Å². The molecule has 0 bridgehead atoms. The van der Waals surface area contributed by atoms with Gasteiger partial charge < -0.3 is 14.6 Å². The number of hydrogen-bond acceptors (Lipinski definition) is 5. The zero-order valence-electron chi connectivity index (χ0n) is 12.7.